The van der Waals surface area contributed by atoms with Crippen LogP contribution < -0.4 is 5.32 Å². The minimum absolute atomic E-state index is 0.0544. The van der Waals surface area contributed by atoms with Crippen molar-refractivity contribution in [3.8, 4) is 0 Å². The van der Waals surface area contributed by atoms with Crippen molar-refractivity contribution in [2.24, 2.45) is 5.41 Å². The van der Waals surface area contributed by atoms with Gasteiger partial charge in [0.2, 0.25) is 5.91 Å². The highest BCUT2D eigenvalue weighted by molar-refractivity contribution is 9.10. The molecule has 1 aromatic rings. The number of rotatable bonds is 5. The number of anilines is 1. The number of aliphatic carboxylic acids is 1. The SMILES string of the molecule is CC1(C(=O)O)CCN(CCC(=O)Nc2ccc(Br)cc2)C1. The van der Waals surface area contributed by atoms with Gasteiger partial charge in [-0.15, -0.1) is 0 Å². The molecule has 1 aliphatic heterocycles. The van der Waals surface area contributed by atoms with Gasteiger partial charge in [-0.1, -0.05) is 15.9 Å². The second-order valence-electron chi connectivity index (χ2n) is 5.70. The first-order valence-corrected chi connectivity index (χ1v) is 7.69. The lowest BCUT2D eigenvalue weighted by Gasteiger charge is -2.19. The van der Waals surface area contributed by atoms with Crippen LogP contribution in [-0.4, -0.2) is 41.5 Å². The van der Waals surface area contributed by atoms with Gasteiger partial charge >= 0.3 is 5.97 Å². The number of hydrogen-bond donors (Lipinski definition) is 2. The number of carboxylic acids is 1. The van der Waals surface area contributed by atoms with Crippen LogP contribution >= 0.6 is 15.9 Å². The van der Waals surface area contributed by atoms with E-state index in [4.69, 9.17) is 0 Å². The Morgan fingerprint density at radius 2 is 2.05 bits per heavy atom. The van der Waals surface area contributed by atoms with Crippen LogP contribution in [0.5, 0.6) is 0 Å². The van der Waals surface area contributed by atoms with Crippen LogP contribution in [0, 0.1) is 5.41 Å². The van der Waals surface area contributed by atoms with E-state index in [1.54, 1.807) is 6.92 Å². The van der Waals surface area contributed by atoms with Gasteiger partial charge in [-0.3, -0.25) is 9.59 Å². The van der Waals surface area contributed by atoms with Crippen molar-refractivity contribution in [2.75, 3.05) is 25.0 Å². The first kappa shape index (κ1) is 16.0. The minimum Gasteiger partial charge on any atom is -0.481 e. The van der Waals surface area contributed by atoms with Crippen LogP contribution in [0.25, 0.3) is 0 Å². The van der Waals surface area contributed by atoms with Gasteiger partial charge in [-0.2, -0.15) is 0 Å². The summed E-state index contributed by atoms with van der Waals surface area (Å²) in [6.45, 7) is 3.59. The number of carbonyl (C=O) groups is 2. The molecule has 1 atom stereocenters. The molecule has 0 aliphatic carbocycles. The van der Waals surface area contributed by atoms with E-state index < -0.39 is 11.4 Å². The maximum absolute atomic E-state index is 11.9. The summed E-state index contributed by atoms with van der Waals surface area (Å²) in [6, 6.07) is 7.40. The molecular weight excluding hydrogens is 336 g/mol. The average molecular weight is 355 g/mol. The molecule has 0 saturated carbocycles. The van der Waals surface area contributed by atoms with Gasteiger partial charge < -0.3 is 15.3 Å². The molecule has 0 radical (unpaired) electrons. The third kappa shape index (κ3) is 4.28. The maximum Gasteiger partial charge on any atom is 0.310 e. The molecule has 2 rings (SSSR count). The molecule has 1 unspecified atom stereocenters. The van der Waals surface area contributed by atoms with Crippen molar-refractivity contribution < 1.29 is 14.7 Å². The van der Waals surface area contributed by atoms with Gasteiger partial charge in [-0.25, -0.2) is 0 Å². The Balaban J connectivity index is 1.77. The Morgan fingerprint density at radius 1 is 1.38 bits per heavy atom. The van der Waals surface area contributed by atoms with Crippen molar-refractivity contribution in [3.63, 3.8) is 0 Å². The van der Waals surface area contributed by atoms with Gasteiger partial charge in [0.05, 0.1) is 5.41 Å². The Bertz CT molecular complexity index is 532. The standard InChI is InChI=1S/C15H19BrN2O3/c1-15(14(20)21)7-9-18(10-15)8-6-13(19)17-12-4-2-11(16)3-5-12/h2-5H,6-10H2,1H3,(H,17,19)(H,20,21). The fourth-order valence-corrected chi connectivity index (χ4v) is 2.70. The average Bonchev–Trinajstić information content (AvgIpc) is 2.82. The number of nitrogens with zero attached hydrogens (tertiary/aromatic N) is 1. The van der Waals surface area contributed by atoms with E-state index in [0.717, 1.165) is 16.7 Å². The largest absolute Gasteiger partial charge is 0.481 e. The van der Waals surface area contributed by atoms with E-state index in [2.05, 4.69) is 21.2 Å². The number of likely N-dealkylation sites (tertiary alicyclic amines) is 1. The molecule has 0 bridgehead atoms. The summed E-state index contributed by atoms with van der Waals surface area (Å²) in [5, 5.41) is 12.0. The molecule has 1 fully saturated rings. The normalized spacial score (nSPS) is 22.2. The number of halogens is 1. The van der Waals surface area contributed by atoms with E-state index in [1.807, 2.05) is 29.2 Å². The number of carboxylic acid groups (broad SMARTS) is 1. The summed E-state index contributed by atoms with van der Waals surface area (Å²) in [6.07, 6.45) is 1.00. The van der Waals surface area contributed by atoms with Gasteiger partial charge in [0.25, 0.3) is 0 Å². The lowest BCUT2D eigenvalue weighted by atomic mass is 9.90. The Hall–Kier alpha value is -1.40. The molecule has 1 amide bonds. The summed E-state index contributed by atoms with van der Waals surface area (Å²) < 4.78 is 0.963. The third-order valence-corrected chi connectivity index (χ3v) is 4.38. The van der Waals surface area contributed by atoms with Crippen molar-refractivity contribution in [1.29, 1.82) is 0 Å². The lowest BCUT2D eigenvalue weighted by Crippen LogP contribution is -2.33. The fourth-order valence-electron chi connectivity index (χ4n) is 2.44. The maximum atomic E-state index is 11.9. The van der Waals surface area contributed by atoms with Crippen LogP contribution in [0.1, 0.15) is 19.8 Å². The molecule has 0 aromatic heterocycles. The first-order chi connectivity index (χ1) is 9.89. The summed E-state index contributed by atoms with van der Waals surface area (Å²) >= 11 is 3.34. The van der Waals surface area contributed by atoms with Gasteiger partial charge in [0, 0.05) is 29.7 Å². The van der Waals surface area contributed by atoms with Crippen LogP contribution in [0.15, 0.2) is 28.7 Å². The summed E-state index contributed by atoms with van der Waals surface area (Å²) in [4.78, 5) is 25.1. The molecule has 1 heterocycles. The van der Waals surface area contributed by atoms with E-state index >= 15 is 0 Å². The first-order valence-electron chi connectivity index (χ1n) is 6.90. The second kappa shape index (κ2) is 6.58. The fraction of sp³-hybridized carbons (Fsp3) is 0.467. The van der Waals surface area contributed by atoms with Gasteiger partial charge in [0.1, 0.15) is 0 Å². The number of benzene rings is 1. The van der Waals surface area contributed by atoms with E-state index in [9.17, 15) is 14.7 Å². The van der Waals surface area contributed by atoms with Crippen molar-refractivity contribution in [2.45, 2.75) is 19.8 Å². The van der Waals surface area contributed by atoms with Crippen LogP contribution in [0.2, 0.25) is 0 Å². The summed E-state index contributed by atoms with van der Waals surface area (Å²) in [7, 11) is 0. The smallest absolute Gasteiger partial charge is 0.310 e. The molecule has 0 spiro atoms. The quantitative estimate of drug-likeness (QED) is 0.852. The van der Waals surface area contributed by atoms with E-state index in [-0.39, 0.29) is 5.91 Å². The molecule has 1 aromatic carbocycles. The van der Waals surface area contributed by atoms with E-state index in [1.165, 1.54) is 0 Å². The third-order valence-electron chi connectivity index (χ3n) is 3.85. The molecule has 1 saturated heterocycles. The molecule has 1 aliphatic rings. The second-order valence-corrected chi connectivity index (χ2v) is 6.61. The zero-order valence-electron chi connectivity index (χ0n) is 11.9. The highest BCUT2D eigenvalue weighted by Crippen LogP contribution is 2.30. The highest BCUT2D eigenvalue weighted by Gasteiger charge is 2.40. The summed E-state index contributed by atoms with van der Waals surface area (Å²) in [5.74, 6) is -0.814. The van der Waals surface area contributed by atoms with Crippen molar-refractivity contribution in [1.82, 2.24) is 4.90 Å². The molecule has 114 valence electrons. The van der Waals surface area contributed by atoms with Gasteiger partial charge in [0.15, 0.2) is 0 Å². The topological polar surface area (TPSA) is 69.6 Å². The van der Waals surface area contributed by atoms with Crippen LogP contribution in [0.4, 0.5) is 5.69 Å². The zero-order chi connectivity index (χ0) is 15.5. The molecule has 5 nitrogen and oxygen atoms in total. The minimum atomic E-state index is -0.760. The van der Waals surface area contributed by atoms with Gasteiger partial charge in [-0.05, 0) is 44.2 Å². The molecule has 21 heavy (non-hydrogen) atoms. The molecular formula is C15H19BrN2O3. The highest BCUT2D eigenvalue weighted by atomic mass is 79.9. The van der Waals surface area contributed by atoms with Crippen LogP contribution in [0.3, 0.4) is 0 Å². The van der Waals surface area contributed by atoms with Crippen molar-refractivity contribution in [3.05, 3.63) is 28.7 Å². The Morgan fingerprint density at radius 3 is 2.62 bits per heavy atom. The molecule has 6 heteroatoms. The summed E-state index contributed by atoms with van der Waals surface area (Å²) in [5.41, 5.74) is 0.0855. The van der Waals surface area contributed by atoms with E-state index in [0.29, 0.717) is 25.9 Å². The number of nitrogens with one attached hydrogen (secondary N) is 1. The van der Waals surface area contributed by atoms with Crippen molar-refractivity contribution >= 4 is 33.5 Å². The Kier molecular flexibility index (Phi) is 5.00. The number of hydrogen-bond acceptors (Lipinski definition) is 3. The monoisotopic (exact) mass is 354 g/mol. The lowest BCUT2D eigenvalue weighted by molar-refractivity contribution is -0.147. The predicted octanol–water partition coefficient (Wildman–Crippen LogP) is 2.57. The molecule has 2 N–H and O–H groups in total. The number of amides is 1. The predicted molar refractivity (Wildman–Crippen MR) is 84.2 cm³/mol. The van der Waals surface area contributed by atoms with Crippen LogP contribution in [-0.2, 0) is 9.59 Å². The Labute approximate surface area is 132 Å². The zero-order valence-corrected chi connectivity index (χ0v) is 13.5. The number of carbonyl (C=O) groups excluding carboxylic acids is 1.